The summed E-state index contributed by atoms with van der Waals surface area (Å²) in [5.41, 5.74) is 3.67. The number of ether oxygens (including phenoxy) is 1. The molecule has 37 heavy (non-hydrogen) atoms. The zero-order valence-corrected chi connectivity index (χ0v) is 22.2. The number of aromatic nitrogens is 3. The molecule has 0 bridgehead atoms. The number of hydrogen-bond donors (Lipinski definition) is 2. The van der Waals surface area contributed by atoms with Crippen molar-refractivity contribution in [1.29, 1.82) is 0 Å². The van der Waals surface area contributed by atoms with Crippen molar-refractivity contribution in [3.05, 3.63) is 83.6 Å². The van der Waals surface area contributed by atoms with Crippen LogP contribution < -0.4 is 5.32 Å². The van der Waals surface area contributed by atoms with E-state index < -0.39 is 26.0 Å². The van der Waals surface area contributed by atoms with Gasteiger partial charge in [-0.3, -0.25) is 9.78 Å². The van der Waals surface area contributed by atoms with E-state index in [-0.39, 0.29) is 12.3 Å². The Morgan fingerprint density at radius 2 is 2.03 bits per heavy atom. The van der Waals surface area contributed by atoms with Crippen molar-refractivity contribution < 1.29 is 19.0 Å². The van der Waals surface area contributed by atoms with E-state index in [9.17, 15) is 14.3 Å². The molecule has 0 aliphatic heterocycles. The molecule has 0 saturated heterocycles. The van der Waals surface area contributed by atoms with E-state index in [2.05, 4.69) is 34.9 Å². The molecule has 0 spiro atoms. The third-order valence-electron chi connectivity index (χ3n) is 6.75. The Morgan fingerprint density at radius 1 is 1.19 bits per heavy atom. The van der Waals surface area contributed by atoms with Gasteiger partial charge in [-0.1, -0.05) is 31.8 Å². The fourth-order valence-corrected chi connectivity index (χ4v) is 5.46. The summed E-state index contributed by atoms with van der Waals surface area (Å²) in [5, 5.41) is 14.1. The maximum Gasteiger partial charge on any atom is 0.253 e. The van der Waals surface area contributed by atoms with Crippen molar-refractivity contribution in [2.24, 2.45) is 0 Å². The lowest BCUT2D eigenvalue weighted by atomic mass is 10.1. The van der Waals surface area contributed by atoms with Crippen LogP contribution in [0.15, 0.2) is 61.1 Å². The van der Waals surface area contributed by atoms with Crippen LogP contribution in [-0.2, 0) is 11.5 Å². The number of amides is 1. The molecule has 2 atom stereocenters. The number of benzene rings is 1. The fourth-order valence-electron chi connectivity index (χ4n) is 4.70. The number of carbonyl (C=O) groups is 1. The zero-order valence-electron chi connectivity index (χ0n) is 21.2. The van der Waals surface area contributed by atoms with E-state index >= 15 is 0 Å². The van der Waals surface area contributed by atoms with Crippen LogP contribution in [0.4, 0.5) is 4.39 Å². The van der Waals surface area contributed by atoms with Crippen molar-refractivity contribution in [1.82, 2.24) is 19.9 Å². The van der Waals surface area contributed by atoms with E-state index in [1.165, 1.54) is 12.3 Å². The number of carbonyl (C=O) groups excluding carboxylic acids is 1. The fraction of sp³-hybridized carbons (Fsp3) is 0.321. The second-order valence-corrected chi connectivity index (χ2v) is 16.3. The molecule has 9 heteroatoms. The van der Waals surface area contributed by atoms with Gasteiger partial charge in [0.1, 0.15) is 18.2 Å². The Labute approximate surface area is 216 Å². The lowest BCUT2D eigenvalue weighted by Crippen LogP contribution is -2.27. The SMILES string of the molecule is C[Si](C)(C)CCOCn1ccc2c(-c3ccc(C(=O)N[C@H]4CC(O)c5cccc(F)c54)cn3)ccnc21. The minimum absolute atomic E-state index is 0.237. The second kappa shape index (κ2) is 10.2. The highest BCUT2D eigenvalue weighted by Crippen LogP contribution is 2.40. The Kier molecular flexibility index (Phi) is 6.93. The quantitative estimate of drug-likeness (QED) is 0.239. The first-order valence-electron chi connectivity index (χ1n) is 12.5. The molecule has 0 radical (unpaired) electrons. The van der Waals surface area contributed by atoms with Gasteiger partial charge in [0.25, 0.3) is 5.91 Å². The Hall–Kier alpha value is -3.40. The predicted octanol–water partition coefficient (Wildman–Crippen LogP) is 5.46. The summed E-state index contributed by atoms with van der Waals surface area (Å²) in [6, 6.07) is 12.5. The number of aliphatic hydroxyl groups excluding tert-OH is 1. The van der Waals surface area contributed by atoms with Gasteiger partial charge in [-0.15, -0.1) is 0 Å². The standard InChI is InChI=1S/C28H31FN4O3Si/c1-37(2,3)14-13-36-17-33-12-10-20-19(9-11-30-27(20)33)23-8-7-18(16-31-23)28(35)32-24-15-25(34)21-5-4-6-22(29)26(21)24/h4-12,16,24-25,34H,13-15,17H2,1-3H3,(H,32,35)/t24-,25?/m0/s1. The Balaban J connectivity index is 1.30. The van der Waals surface area contributed by atoms with Crippen LogP contribution in [0.1, 0.15) is 40.1 Å². The van der Waals surface area contributed by atoms with E-state index in [4.69, 9.17) is 4.74 Å². The molecule has 5 rings (SSSR count). The van der Waals surface area contributed by atoms with E-state index in [0.29, 0.717) is 29.1 Å². The maximum absolute atomic E-state index is 14.4. The van der Waals surface area contributed by atoms with Gasteiger partial charge in [-0.25, -0.2) is 9.37 Å². The van der Waals surface area contributed by atoms with Crippen LogP contribution in [-0.4, -0.2) is 40.2 Å². The second-order valence-electron chi connectivity index (χ2n) is 10.7. The molecule has 1 unspecified atom stereocenters. The third-order valence-corrected chi connectivity index (χ3v) is 8.45. The van der Waals surface area contributed by atoms with E-state index in [1.54, 1.807) is 30.5 Å². The van der Waals surface area contributed by atoms with Crippen molar-refractivity contribution >= 4 is 25.0 Å². The summed E-state index contributed by atoms with van der Waals surface area (Å²) in [5.74, 6) is -0.795. The topological polar surface area (TPSA) is 89.3 Å². The summed E-state index contributed by atoms with van der Waals surface area (Å²) in [4.78, 5) is 22.0. The molecule has 7 nitrogen and oxygen atoms in total. The summed E-state index contributed by atoms with van der Waals surface area (Å²) in [7, 11) is -1.15. The van der Waals surface area contributed by atoms with Crippen LogP contribution >= 0.6 is 0 Å². The molecule has 0 saturated carbocycles. The molecule has 1 aliphatic rings. The minimum Gasteiger partial charge on any atom is -0.388 e. The molecular formula is C28H31FN4O3Si. The number of nitrogens with one attached hydrogen (secondary N) is 1. The zero-order chi connectivity index (χ0) is 26.2. The smallest absolute Gasteiger partial charge is 0.253 e. The van der Waals surface area contributed by atoms with Crippen LogP contribution in [0.3, 0.4) is 0 Å². The van der Waals surface area contributed by atoms with E-state index in [1.807, 2.05) is 22.9 Å². The van der Waals surface area contributed by atoms with Crippen LogP contribution in [0.5, 0.6) is 0 Å². The first kappa shape index (κ1) is 25.3. The van der Waals surface area contributed by atoms with Gasteiger partial charge >= 0.3 is 0 Å². The van der Waals surface area contributed by atoms with Crippen LogP contribution in [0.25, 0.3) is 22.3 Å². The van der Waals surface area contributed by atoms with Gasteiger partial charge in [0.05, 0.1) is 23.4 Å². The van der Waals surface area contributed by atoms with Crippen LogP contribution in [0.2, 0.25) is 25.7 Å². The lowest BCUT2D eigenvalue weighted by Gasteiger charge is -2.15. The summed E-state index contributed by atoms with van der Waals surface area (Å²) in [6.07, 6.45) is 4.66. The molecule has 1 aliphatic carbocycles. The highest BCUT2D eigenvalue weighted by atomic mass is 28.3. The van der Waals surface area contributed by atoms with Gasteiger partial charge in [-0.05, 0) is 41.9 Å². The van der Waals surface area contributed by atoms with Crippen molar-refractivity contribution in [3.8, 4) is 11.3 Å². The summed E-state index contributed by atoms with van der Waals surface area (Å²) in [6.45, 7) is 8.16. The van der Waals surface area contributed by atoms with Gasteiger partial charge in [0.15, 0.2) is 0 Å². The van der Waals surface area contributed by atoms with Crippen molar-refractivity contribution in [2.75, 3.05) is 6.61 Å². The molecule has 3 heterocycles. The van der Waals surface area contributed by atoms with Crippen LogP contribution in [0, 0.1) is 5.82 Å². The number of hydrogen-bond acceptors (Lipinski definition) is 5. The number of rotatable bonds is 8. The molecule has 192 valence electrons. The number of pyridine rings is 2. The molecule has 4 aromatic rings. The number of fused-ring (bicyclic) bond motifs is 2. The molecule has 2 N–H and O–H groups in total. The first-order chi connectivity index (χ1) is 17.7. The third kappa shape index (κ3) is 5.34. The molecule has 0 fully saturated rings. The van der Waals surface area contributed by atoms with Gasteiger partial charge in [-0.2, -0.15) is 0 Å². The molecule has 1 amide bonds. The van der Waals surface area contributed by atoms with Gasteiger partial charge < -0.3 is 19.7 Å². The lowest BCUT2D eigenvalue weighted by molar-refractivity contribution is 0.0898. The monoisotopic (exact) mass is 518 g/mol. The number of halogens is 1. The largest absolute Gasteiger partial charge is 0.388 e. The van der Waals surface area contributed by atoms with E-state index in [0.717, 1.165) is 29.2 Å². The van der Waals surface area contributed by atoms with Crippen molar-refractivity contribution in [2.45, 2.75) is 51.0 Å². The summed E-state index contributed by atoms with van der Waals surface area (Å²) < 4.78 is 22.3. The normalized spacial score (nSPS) is 17.2. The van der Waals surface area contributed by atoms with Crippen molar-refractivity contribution in [3.63, 3.8) is 0 Å². The summed E-state index contributed by atoms with van der Waals surface area (Å²) >= 11 is 0. The average molecular weight is 519 g/mol. The average Bonchev–Trinajstić information content (AvgIpc) is 3.42. The minimum atomic E-state index is -1.15. The first-order valence-corrected chi connectivity index (χ1v) is 16.2. The maximum atomic E-state index is 14.4. The molecular weight excluding hydrogens is 487 g/mol. The number of nitrogens with zero attached hydrogens (tertiary/aromatic N) is 3. The molecule has 1 aromatic carbocycles. The van der Waals surface area contributed by atoms with Gasteiger partial charge in [0, 0.05) is 56.2 Å². The highest BCUT2D eigenvalue weighted by Gasteiger charge is 2.33. The predicted molar refractivity (Wildman–Crippen MR) is 143 cm³/mol. The highest BCUT2D eigenvalue weighted by molar-refractivity contribution is 6.76. The molecule has 3 aromatic heterocycles. The Bertz CT molecular complexity index is 1430. The van der Waals surface area contributed by atoms with Gasteiger partial charge in [0.2, 0.25) is 0 Å². The Morgan fingerprint density at radius 3 is 2.78 bits per heavy atom. The number of aliphatic hydroxyl groups is 1.